The van der Waals surface area contributed by atoms with Crippen LogP contribution in [0.3, 0.4) is 0 Å². The Morgan fingerprint density at radius 3 is 2.45 bits per heavy atom. The normalized spacial score (nSPS) is 22.2. The van der Waals surface area contributed by atoms with Crippen LogP contribution in [-0.4, -0.2) is 0 Å². The lowest BCUT2D eigenvalue weighted by Gasteiger charge is -2.21. The fraction of sp³-hybridized carbons (Fsp3) is 0.818. The van der Waals surface area contributed by atoms with E-state index in [1.165, 1.54) is 38.5 Å². The van der Waals surface area contributed by atoms with Gasteiger partial charge in [0.1, 0.15) is 0 Å². The maximum atomic E-state index is 2.26. The molecular weight excluding hydrogens is 132 g/mol. The first-order valence-corrected chi connectivity index (χ1v) is 4.94. The fourth-order valence-electron chi connectivity index (χ4n) is 1.96. The van der Waals surface area contributed by atoms with Crippen molar-refractivity contribution in [3.63, 3.8) is 0 Å². The lowest BCUT2D eigenvalue weighted by Crippen LogP contribution is -2.06. The Labute approximate surface area is 70.7 Å². The molecule has 0 heterocycles. The molecule has 0 aromatic carbocycles. The van der Waals surface area contributed by atoms with Crippen molar-refractivity contribution in [3.05, 3.63) is 11.6 Å². The molecule has 0 aliphatic heterocycles. The van der Waals surface area contributed by atoms with Crippen LogP contribution in [0.15, 0.2) is 11.6 Å². The van der Waals surface area contributed by atoms with Gasteiger partial charge in [0, 0.05) is 0 Å². The highest BCUT2D eigenvalue weighted by Gasteiger charge is 2.12. The average Bonchev–Trinajstić information content (AvgIpc) is 2.06. The molecule has 0 heteroatoms. The van der Waals surface area contributed by atoms with E-state index in [1.54, 1.807) is 5.57 Å². The minimum absolute atomic E-state index is 1.01. The van der Waals surface area contributed by atoms with Crippen molar-refractivity contribution in [3.8, 4) is 0 Å². The van der Waals surface area contributed by atoms with Crippen LogP contribution in [0.2, 0.25) is 0 Å². The summed E-state index contributed by atoms with van der Waals surface area (Å²) in [6, 6.07) is 0. The van der Waals surface area contributed by atoms with E-state index < -0.39 is 0 Å². The smallest absolute Gasteiger partial charge is 0.0295 e. The van der Waals surface area contributed by atoms with Gasteiger partial charge >= 0.3 is 0 Å². The molecule has 0 nitrogen and oxygen atoms in total. The van der Waals surface area contributed by atoms with E-state index >= 15 is 0 Å². The molecule has 0 aromatic heterocycles. The molecule has 1 fully saturated rings. The van der Waals surface area contributed by atoms with Crippen LogP contribution >= 0.6 is 0 Å². The summed E-state index contributed by atoms with van der Waals surface area (Å²) in [5.74, 6) is 1.01. The third-order valence-electron chi connectivity index (χ3n) is 2.83. The fourth-order valence-corrected chi connectivity index (χ4v) is 1.96. The second-order valence-corrected chi connectivity index (χ2v) is 3.84. The molecular formula is C11H20. The Morgan fingerprint density at radius 1 is 1.27 bits per heavy atom. The molecule has 11 heavy (non-hydrogen) atoms. The van der Waals surface area contributed by atoms with Crippen LogP contribution in [-0.2, 0) is 0 Å². The molecule has 0 amide bonds. The minimum Gasteiger partial charge on any atom is -0.0887 e. The van der Waals surface area contributed by atoms with Gasteiger partial charge in [0.25, 0.3) is 0 Å². The van der Waals surface area contributed by atoms with Crippen molar-refractivity contribution < 1.29 is 0 Å². The predicted molar refractivity (Wildman–Crippen MR) is 50.6 cm³/mol. The Kier molecular flexibility index (Phi) is 3.68. The SMILES string of the molecule is CC=C(C)CC1CCCCC1. The molecule has 1 aliphatic rings. The maximum Gasteiger partial charge on any atom is -0.0295 e. The van der Waals surface area contributed by atoms with E-state index in [-0.39, 0.29) is 0 Å². The van der Waals surface area contributed by atoms with Gasteiger partial charge in [-0.3, -0.25) is 0 Å². The van der Waals surface area contributed by atoms with Crippen molar-refractivity contribution in [1.29, 1.82) is 0 Å². The number of hydrogen-bond acceptors (Lipinski definition) is 0. The van der Waals surface area contributed by atoms with Gasteiger partial charge in [-0.1, -0.05) is 43.8 Å². The van der Waals surface area contributed by atoms with Gasteiger partial charge in [-0.25, -0.2) is 0 Å². The van der Waals surface area contributed by atoms with Crippen LogP contribution in [0.1, 0.15) is 52.4 Å². The zero-order chi connectivity index (χ0) is 8.10. The van der Waals surface area contributed by atoms with Gasteiger partial charge in [0.15, 0.2) is 0 Å². The Morgan fingerprint density at radius 2 is 1.91 bits per heavy atom. The predicted octanol–water partition coefficient (Wildman–Crippen LogP) is 3.92. The highest BCUT2D eigenvalue weighted by Crippen LogP contribution is 2.28. The minimum atomic E-state index is 1.01. The summed E-state index contributed by atoms with van der Waals surface area (Å²) >= 11 is 0. The maximum absolute atomic E-state index is 2.26. The number of allylic oxidation sites excluding steroid dienone is 2. The van der Waals surface area contributed by atoms with E-state index in [0.717, 1.165) is 5.92 Å². The van der Waals surface area contributed by atoms with Crippen molar-refractivity contribution in [2.24, 2.45) is 5.92 Å². The van der Waals surface area contributed by atoms with Gasteiger partial charge < -0.3 is 0 Å². The Hall–Kier alpha value is -0.260. The third kappa shape index (κ3) is 3.09. The first-order chi connectivity index (χ1) is 5.33. The largest absolute Gasteiger partial charge is 0.0887 e. The van der Waals surface area contributed by atoms with Gasteiger partial charge in [0.05, 0.1) is 0 Å². The van der Waals surface area contributed by atoms with E-state index in [1.807, 2.05) is 0 Å². The second kappa shape index (κ2) is 4.58. The first kappa shape index (κ1) is 8.83. The van der Waals surface area contributed by atoms with Crippen molar-refractivity contribution in [2.75, 3.05) is 0 Å². The molecule has 0 N–H and O–H groups in total. The van der Waals surface area contributed by atoms with Crippen LogP contribution in [0, 0.1) is 5.92 Å². The Balaban J connectivity index is 2.24. The summed E-state index contributed by atoms with van der Waals surface area (Å²) in [7, 11) is 0. The summed E-state index contributed by atoms with van der Waals surface area (Å²) < 4.78 is 0. The molecule has 64 valence electrons. The number of hydrogen-bond donors (Lipinski definition) is 0. The molecule has 1 saturated carbocycles. The monoisotopic (exact) mass is 152 g/mol. The van der Waals surface area contributed by atoms with Gasteiger partial charge in [-0.2, -0.15) is 0 Å². The first-order valence-electron chi connectivity index (χ1n) is 4.94. The molecule has 0 atom stereocenters. The summed E-state index contributed by atoms with van der Waals surface area (Å²) in [5, 5.41) is 0. The summed E-state index contributed by atoms with van der Waals surface area (Å²) in [6.07, 6.45) is 11.0. The van der Waals surface area contributed by atoms with Crippen molar-refractivity contribution in [1.82, 2.24) is 0 Å². The molecule has 0 spiro atoms. The van der Waals surface area contributed by atoms with Crippen LogP contribution in [0.25, 0.3) is 0 Å². The third-order valence-corrected chi connectivity index (χ3v) is 2.83. The number of rotatable bonds is 2. The zero-order valence-electron chi connectivity index (χ0n) is 7.90. The molecule has 0 bridgehead atoms. The highest BCUT2D eigenvalue weighted by atomic mass is 14.2. The quantitative estimate of drug-likeness (QED) is 0.526. The van der Waals surface area contributed by atoms with E-state index in [0.29, 0.717) is 0 Å². The molecule has 0 radical (unpaired) electrons. The van der Waals surface area contributed by atoms with Gasteiger partial charge in [-0.05, 0) is 26.2 Å². The van der Waals surface area contributed by atoms with E-state index in [9.17, 15) is 0 Å². The molecule has 0 aromatic rings. The summed E-state index contributed by atoms with van der Waals surface area (Å²) in [6.45, 7) is 4.41. The van der Waals surface area contributed by atoms with E-state index in [4.69, 9.17) is 0 Å². The van der Waals surface area contributed by atoms with Crippen LogP contribution < -0.4 is 0 Å². The van der Waals surface area contributed by atoms with E-state index in [2.05, 4.69) is 19.9 Å². The van der Waals surface area contributed by atoms with Gasteiger partial charge in [0.2, 0.25) is 0 Å². The standard InChI is InChI=1S/C11H20/c1-3-10(2)9-11-7-5-4-6-8-11/h3,11H,4-9H2,1-2H3. The van der Waals surface area contributed by atoms with Crippen molar-refractivity contribution in [2.45, 2.75) is 52.4 Å². The van der Waals surface area contributed by atoms with Crippen LogP contribution in [0.4, 0.5) is 0 Å². The molecule has 0 saturated heterocycles. The zero-order valence-corrected chi connectivity index (χ0v) is 7.90. The summed E-state index contributed by atoms with van der Waals surface area (Å²) in [4.78, 5) is 0. The van der Waals surface area contributed by atoms with Crippen molar-refractivity contribution >= 4 is 0 Å². The molecule has 0 unspecified atom stereocenters. The highest BCUT2D eigenvalue weighted by molar-refractivity contribution is 4.97. The second-order valence-electron chi connectivity index (χ2n) is 3.84. The average molecular weight is 152 g/mol. The summed E-state index contributed by atoms with van der Waals surface area (Å²) in [5.41, 5.74) is 1.58. The molecule has 1 aliphatic carbocycles. The lowest BCUT2D eigenvalue weighted by molar-refractivity contribution is 0.356. The topological polar surface area (TPSA) is 0 Å². The van der Waals surface area contributed by atoms with Gasteiger partial charge in [-0.15, -0.1) is 0 Å². The van der Waals surface area contributed by atoms with Crippen LogP contribution in [0.5, 0.6) is 0 Å². The molecule has 1 rings (SSSR count). The lowest BCUT2D eigenvalue weighted by atomic mass is 9.85. The Bertz CT molecular complexity index is 127.